The molecule has 0 aliphatic carbocycles. The lowest BCUT2D eigenvalue weighted by atomic mass is 10.1. The van der Waals surface area contributed by atoms with Crippen LogP contribution in [-0.4, -0.2) is 15.9 Å². The quantitative estimate of drug-likeness (QED) is 0.837. The normalized spacial score (nSPS) is 17.4. The molecule has 0 bridgehead atoms. The summed E-state index contributed by atoms with van der Waals surface area (Å²) in [5.74, 6) is 0.266. The summed E-state index contributed by atoms with van der Waals surface area (Å²) in [5.41, 5.74) is 2.19. The molecule has 96 valence electrons. The minimum Gasteiger partial charge on any atom is -0.346 e. The number of hydrogen-bond donors (Lipinski definition) is 2. The molecule has 0 fully saturated rings. The van der Waals surface area contributed by atoms with E-state index in [1.54, 1.807) is 18.5 Å². The maximum atomic E-state index is 12.1. The molecule has 3 rings (SSSR count). The van der Waals surface area contributed by atoms with Crippen molar-refractivity contribution in [2.75, 3.05) is 5.32 Å². The second-order valence-electron chi connectivity index (χ2n) is 4.30. The molecule has 0 saturated carbocycles. The molecular formula is C13H11ClN4O. The first kappa shape index (κ1) is 11.9. The third-order valence-electron chi connectivity index (χ3n) is 2.94. The highest BCUT2D eigenvalue weighted by molar-refractivity contribution is 6.34. The van der Waals surface area contributed by atoms with E-state index in [9.17, 15) is 4.79 Å². The van der Waals surface area contributed by atoms with E-state index in [0.717, 1.165) is 11.3 Å². The number of aryl methyl sites for hydroxylation is 1. The lowest BCUT2D eigenvalue weighted by Crippen LogP contribution is -2.39. The van der Waals surface area contributed by atoms with E-state index in [1.165, 1.54) is 0 Å². The van der Waals surface area contributed by atoms with Crippen LogP contribution >= 0.6 is 11.6 Å². The average molecular weight is 275 g/mol. The van der Waals surface area contributed by atoms with E-state index >= 15 is 0 Å². The summed E-state index contributed by atoms with van der Waals surface area (Å²) in [6.07, 6.45) is 2.95. The molecule has 3 heterocycles. The Bertz CT molecular complexity index is 659. The van der Waals surface area contributed by atoms with Gasteiger partial charge in [0, 0.05) is 18.1 Å². The fourth-order valence-electron chi connectivity index (χ4n) is 2.05. The van der Waals surface area contributed by atoms with E-state index in [4.69, 9.17) is 11.6 Å². The molecule has 0 saturated heterocycles. The number of nitrogens with one attached hydrogen (secondary N) is 2. The van der Waals surface area contributed by atoms with Crippen molar-refractivity contribution in [2.24, 2.45) is 0 Å². The minimum atomic E-state index is -0.326. The van der Waals surface area contributed by atoms with Gasteiger partial charge in [0.15, 0.2) is 0 Å². The summed E-state index contributed by atoms with van der Waals surface area (Å²) in [5, 5.41) is 6.40. The van der Waals surface area contributed by atoms with Crippen molar-refractivity contribution in [2.45, 2.75) is 13.1 Å². The number of halogens is 1. The SMILES string of the molecule is Cc1cc(C2NC(=O)c3c(Cl)ccnc3N2)ccn1. The number of aromatic nitrogens is 2. The largest absolute Gasteiger partial charge is 0.346 e. The van der Waals surface area contributed by atoms with Gasteiger partial charge >= 0.3 is 0 Å². The van der Waals surface area contributed by atoms with Crippen LogP contribution in [0.25, 0.3) is 0 Å². The number of carbonyl (C=O) groups is 1. The Labute approximate surface area is 115 Å². The smallest absolute Gasteiger partial charge is 0.258 e. The summed E-state index contributed by atoms with van der Waals surface area (Å²) in [6.45, 7) is 1.90. The predicted octanol–water partition coefficient (Wildman–Crippen LogP) is 2.29. The predicted molar refractivity (Wildman–Crippen MR) is 72.1 cm³/mol. The van der Waals surface area contributed by atoms with Crippen molar-refractivity contribution in [1.29, 1.82) is 0 Å². The lowest BCUT2D eigenvalue weighted by Gasteiger charge is -2.27. The van der Waals surface area contributed by atoms with E-state index in [2.05, 4.69) is 20.6 Å². The van der Waals surface area contributed by atoms with E-state index in [-0.39, 0.29) is 12.1 Å². The Morgan fingerprint density at radius 2 is 2.00 bits per heavy atom. The monoisotopic (exact) mass is 274 g/mol. The summed E-state index contributed by atoms with van der Waals surface area (Å²) in [6, 6.07) is 5.35. The highest BCUT2D eigenvalue weighted by atomic mass is 35.5. The highest BCUT2D eigenvalue weighted by Crippen LogP contribution is 2.29. The van der Waals surface area contributed by atoms with Gasteiger partial charge in [0.25, 0.3) is 5.91 Å². The van der Waals surface area contributed by atoms with Gasteiger partial charge in [-0.2, -0.15) is 0 Å². The lowest BCUT2D eigenvalue weighted by molar-refractivity contribution is 0.0935. The fourth-order valence-corrected chi connectivity index (χ4v) is 2.29. The third-order valence-corrected chi connectivity index (χ3v) is 3.25. The van der Waals surface area contributed by atoms with Gasteiger partial charge in [-0.3, -0.25) is 9.78 Å². The first-order chi connectivity index (χ1) is 9.15. The van der Waals surface area contributed by atoms with Crippen molar-refractivity contribution >= 4 is 23.3 Å². The molecule has 1 unspecified atom stereocenters. The van der Waals surface area contributed by atoms with Crippen molar-refractivity contribution in [1.82, 2.24) is 15.3 Å². The standard InChI is InChI=1S/C13H11ClN4O/c1-7-6-8(2-4-15-7)11-17-12-10(13(19)18-11)9(14)3-5-16-12/h2-6,11H,1H3,(H,16,17)(H,18,19). The first-order valence-electron chi connectivity index (χ1n) is 5.79. The van der Waals surface area contributed by atoms with Crippen molar-refractivity contribution in [3.05, 3.63) is 52.4 Å². The van der Waals surface area contributed by atoms with Crippen LogP contribution < -0.4 is 10.6 Å². The van der Waals surface area contributed by atoms with Crippen molar-refractivity contribution in [3.63, 3.8) is 0 Å². The molecule has 1 amide bonds. The van der Waals surface area contributed by atoms with E-state index in [1.807, 2.05) is 19.1 Å². The van der Waals surface area contributed by atoms with E-state index < -0.39 is 0 Å². The topological polar surface area (TPSA) is 66.9 Å². The first-order valence-corrected chi connectivity index (χ1v) is 6.17. The van der Waals surface area contributed by atoms with Crippen LogP contribution in [0.2, 0.25) is 5.02 Å². The van der Waals surface area contributed by atoms with Gasteiger partial charge in [-0.1, -0.05) is 11.6 Å². The summed E-state index contributed by atoms with van der Waals surface area (Å²) in [4.78, 5) is 20.4. The molecular weight excluding hydrogens is 264 g/mol. The van der Waals surface area contributed by atoms with Gasteiger partial charge in [0.05, 0.1) is 5.02 Å². The Hall–Kier alpha value is -2.14. The molecule has 1 aliphatic rings. The van der Waals surface area contributed by atoms with Crippen LogP contribution in [0.4, 0.5) is 5.82 Å². The molecule has 2 N–H and O–H groups in total. The zero-order chi connectivity index (χ0) is 13.4. The van der Waals surface area contributed by atoms with Gasteiger partial charge in [-0.15, -0.1) is 0 Å². The summed E-state index contributed by atoms with van der Waals surface area (Å²) >= 11 is 6.01. The van der Waals surface area contributed by atoms with Crippen LogP contribution in [-0.2, 0) is 0 Å². The van der Waals surface area contributed by atoms with Gasteiger partial charge in [0.1, 0.15) is 17.5 Å². The number of pyridine rings is 2. The maximum absolute atomic E-state index is 12.1. The Morgan fingerprint density at radius 1 is 1.21 bits per heavy atom. The third kappa shape index (κ3) is 2.13. The molecule has 2 aromatic rings. The van der Waals surface area contributed by atoms with Crippen LogP contribution in [0.5, 0.6) is 0 Å². The Kier molecular flexibility index (Phi) is 2.83. The average Bonchev–Trinajstić information content (AvgIpc) is 2.38. The fraction of sp³-hybridized carbons (Fsp3) is 0.154. The maximum Gasteiger partial charge on any atom is 0.258 e. The van der Waals surface area contributed by atoms with Crippen molar-refractivity contribution < 1.29 is 4.79 Å². The molecule has 5 nitrogen and oxygen atoms in total. The van der Waals surface area contributed by atoms with Crippen molar-refractivity contribution in [3.8, 4) is 0 Å². The van der Waals surface area contributed by atoms with Gasteiger partial charge in [-0.25, -0.2) is 4.98 Å². The number of nitrogens with zero attached hydrogens (tertiary/aromatic N) is 2. The van der Waals surface area contributed by atoms with Crippen LogP contribution in [0.15, 0.2) is 30.6 Å². The van der Waals surface area contributed by atoms with Gasteiger partial charge in [0.2, 0.25) is 0 Å². The van der Waals surface area contributed by atoms with E-state index in [0.29, 0.717) is 16.4 Å². The highest BCUT2D eigenvalue weighted by Gasteiger charge is 2.27. The molecule has 0 spiro atoms. The zero-order valence-corrected chi connectivity index (χ0v) is 10.9. The summed E-state index contributed by atoms with van der Waals surface area (Å²) < 4.78 is 0. The number of anilines is 1. The summed E-state index contributed by atoms with van der Waals surface area (Å²) in [7, 11) is 0. The molecule has 0 radical (unpaired) electrons. The van der Waals surface area contributed by atoms with Gasteiger partial charge in [-0.05, 0) is 30.7 Å². The molecule has 19 heavy (non-hydrogen) atoms. The second-order valence-corrected chi connectivity index (χ2v) is 4.70. The number of carbonyl (C=O) groups excluding carboxylic acids is 1. The van der Waals surface area contributed by atoms with Crippen LogP contribution in [0.1, 0.15) is 27.8 Å². The number of hydrogen-bond acceptors (Lipinski definition) is 4. The second kappa shape index (κ2) is 4.51. The Balaban J connectivity index is 2.00. The molecule has 1 atom stereocenters. The van der Waals surface area contributed by atoms with Crippen LogP contribution in [0.3, 0.4) is 0 Å². The zero-order valence-electron chi connectivity index (χ0n) is 10.1. The minimum absolute atomic E-state index is 0.230. The molecule has 1 aliphatic heterocycles. The number of rotatable bonds is 1. The number of amides is 1. The Morgan fingerprint density at radius 3 is 2.79 bits per heavy atom. The molecule has 2 aromatic heterocycles. The number of fused-ring (bicyclic) bond motifs is 1. The van der Waals surface area contributed by atoms with Gasteiger partial charge < -0.3 is 10.6 Å². The molecule has 6 heteroatoms. The van der Waals surface area contributed by atoms with Crippen LogP contribution in [0, 0.1) is 6.92 Å². The molecule has 0 aromatic carbocycles.